The molecule has 5 heteroatoms. The average molecular weight is 258 g/mol. The van der Waals surface area contributed by atoms with Crippen LogP contribution in [0.1, 0.15) is 16.8 Å². The third-order valence-corrected chi connectivity index (χ3v) is 2.88. The Morgan fingerprint density at radius 2 is 2.05 bits per heavy atom. The molecule has 0 fully saturated rings. The predicted octanol–water partition coefficient (Wildman–Crippen LogP) is 1.04. The van der Waals surface area contributed by atoms with Gasteiger partial charge in [-0.25, -0.2) is 4.98 Å². The van der Waals surface area contributed by atoms with E-state index in [2.05, 4.69) is 15.3 Å². The average Bonchev–Trinajstić information content (AvgIpc) is 2.42. The zero-order valence-electron chi connectivity index (χ0n) is 10.9. The summed E-state index contributed by atoms with van der Waals surface area (Å²) >= 11 is 0. The van der Waals surface area contributed by atoms with Crippen molar-refractivity contribution in [1.82, 2.24) is 9.97 Å². The lowest BCUT2D eigenvalue weighted by Gasteiger charge is -2.08. The van der Waals surface area contributed by atoms with Crippen LogP contribution in [-0.2, 0) is 6.42 Å². The number of benzene rings is 1. The molecule has 5 nitrogen and oxygen atoms in total. The highest BCUT2D eigenvalue weighted by Crippen LogP contribution is 2.09. The summed E-state index contributed by atoms with van der Waals surface area (Å²) in [5.74, 6) is 0.477. The first-order chi connectivity index (χ1) is 9.20. The lowest BCUT2D eigenvalue weighted by molar-refractivity contribution is 0.941. The van der Waals surface area contributed by atoms with Gasteiger partial charge in [-0.2, -0.15) is 0 Å². The molecule has 1 heterocycles. The maximum absolute atomic E-state index is 12.1. The number of aromatic amines is 1. The Hall–Kier alpha value is -2.14. The minimum absolute atomic E-state index is 0.101. The fourth-order valence-corrected chi connectivity index (χ4v) is 1.89. The Bertz CT molecular complexity index is 592. The molecule has 100 valence electrons. The van der Waals surface area contributed by atoms with Gasteiger partial charge < -0.3 is 11.1 Å². The Balaban J connectivity index is 2.25. The van der Waals surface area contributed by atoms with Crippen molar-refractivity contribution in [1.29, 1.82) is 0 Å². The van der Waals surface area contributed by atoms with Crippen molar-refractivity contribution < 1.29 is 0 Å². The molecule has 0 atom stereocenters. The maximum atomic E-state index is 12.1. The van der Waals surface area contributed by atoms with Crippen molar-refractivity contribution in [2.45, 2.75) is 13.3 Å². The first-order valence-corrected chi connectivity index (χ1v) is 6.28. The van der Waals surface area contributed by atoms with Gasteiger partial charge in [0.1, 0.15) is 0 Å². The normalized spacial score (nSPS) is 10.4. The smallest absolute Gasteiger partial charge is 0.256 e. The molecular weight excluding hydrogens is 240 g/mol. The van der Waals surface area contributed by atoms with E-state index in [-0.39, 0.29) is 5.56 Å². The molecule has 0 spiro atoms. The minimum Gasteiger partial charge on any atom is -0.354 e. The van der Waals surface area contributed by atoms with Gasteiger partial charge in [-0.1, -0.05) is 30.3 Å². The largest absolute Gasteiger partial charge is 0.354 e. The monoisotopic (exact) mass is 258 g/mol. The van der Waals surface area contributed by atoms with Crippen LogP contribution in [0, 0.1) is 6.92 Å². The van der Waals surface area contributed by atoms with E-state index in [0.29, 0.717) is 31.0 Å². The van der Waals surface area contributed by atoms with E-state index in [4.69, 9.17) is 5.73 Å². The van der Waals surface area contributed by atoms with Gasteiger partial charge in [0.05, 0.1) is 5.69 Å². The molecule has 2 aromatic rings. The van der Waals surface area contributed by atoms with Gasteiger partial charge in [0.2, 0.25) is 5.95 Å². The molecule has 4 N–H and O–H groups in total. The van der Waals surface area contributed by atoms with Gasteiger partial charge in [0.15, 0.2) is 0 Å². The van der Waals surface area contributed by atoms with Crippen LogP contribution in [0.2, 0.25) is 0 Å². The van der Waals surface area contributed by atoms with E-state index in [1.807, 2.05) is 37.3 Å². The second-order valence-electron chi connectivity index (χ2n) is 4.36. The number of H-pyrrole nitrogens is 1. The molecule has 1 aromatic heterocycles. The van der Waals surface area contributed by atoms with Gasteiger partial charge in [-0.05, 0) is 12.5 Å². The lowest BCUT2D eigenvalue weighted by Crippen LogP contribution is -2.22. The number of anilines is 1. The third kappa shape index (κ3) is 3.42. The summed E-state index contributed by atoms with van der Waals surface area (Å²) in [5.41, 5.74) is 7.84. The molecule has 0 bridgehead atoms. The lowest BCUT2D eigenvalue weighted by atomic mass is 10.1. The summed E-state index contributed by atoms with van der Waals surface area (Å²) in [7, 11) is 0. The molecule has 0 aliphatic rings. The van der Waals surface area contributed by atoms with E-state index < -0.39 is 0 Å². The molecule has 19 heavy (non-hydrogen) atoms. The van der Waals surface area contributed by atoms with Crippen molar-refractivity contribution in [3.63, 3.8) is 0 Å². The van der Waals surface area contributed by atoms with Crippen molar-refractivity contribution in [2.75, 3.05) is 18.4 Å². The minimum atomic E-state index is -0.101. The number of hydrogen-bond acceptors (Lipinski definition) is 4. The summed E-state index contributed by atoms with van der Waals surface area (Å²) < 4.78 is 0. The first-order valence-electron chi connectivity index (χ1n) is 6.28. The second kappa shape index (κ2) is 6.15. The number of aromatic nitrogens is 2. The van der Waals surface area contributed by atoms with Crippen LogP contribution in [-0.4, -0.2) is 23.1 Å². The molecule has 0 unspecified atom stereocenters. The molecular formula is C14H18N4O. The zero-order chi connectivity index (χ0) is 13.7. The predicted molar refractivity (Wildman–Crippen MR) is 76.4 cm³/mol. The van der Waals surface area contributed by atoms with Crippen LogP contribution >= 0.6 is 0 Å². The van der Waals surface area contributed by atoms with Crippen LogP contribution in [0.25, 0.3) is 0 Å². The molecule has 0 saturated heterocycles. The highest BCUT2D eigenvalue weighted by Gasteiger charge is 2.08. The fraction of sp³-hybridized carbons (Fsp3) is 0.286. The topological polar surface area (TPSA) is 83.8 Å². The SMILES string of the molecule is Cc1nc(NCCN)[nH]c(=O)c1Cc1ccccc1. The second-order valence-corrected chi connectivity index (χ2v) is 4.36. The van der Waals surface area contributed by atoms with Crippen LogP contribution in [0.3, 0.4) is 0 Å². The molecule has 2 rings (SSSR count). The molecule has 0 radical (unpaired) electrons. The van der Waals surface area contributed by atoms with E-state index >= 15 is 0 Å². The van der Waals surface area contributed by atoms with Crippen LogP contribution in [0.4, 0.5) is 5.95 Å². The number of rotatable bonds is 5. The first kappa shape index (κ1) is 13.3. The summed E-state index contributed by atoms with van der Waals surface area (Å²) in [6.45, 7) is 2.93. The molecule has 0 aliphatic heterocycles. The summed E-state index contributed by atoms with van der Waals surface area (Å²) in [6.07, 6.45) is 0.589. The zero-order valence-corrected chi connectivity index (χ0v) is 10.9. The van der Waals surface area contributed by atoms with Crippen molar-refractivity contribution in [3.05, 3.63) is 57.5 Å². The number of aryl methyl sites for hydroxylation is 1. The van der Waals surface area contributed by atoms with E-state index in [9.17, 15) is 4.79 Å². The summed E-state index contributed by atoms with van der Waals surface area (Å²) in [6, 6.07) is 9.88. The number of hydrogen-bond donors (Lipinski definition) is 3. The highest BCUT2D eigenvalue weighted by molar-refractivity contribution is 5.32. The quantitative estimate of drug-likeness (QED) is 0.748. The van der Waals surface area contributed by atoms with Gasteiger partial charge in [-0.3, -0.25) is 9.78 Å². The van der Waals surface area contributed by atoms with Crippen LogP contribution < -0.4 is 16.6 Å². The van der Waals surface area contributed by atoms with Crippen LogP contribution in [0.5, 0.6) is 0 Å². The third-order valence-electron chi connectivity index (χ3n) is 2.88. The Labute approximate surface area is 111 Å². The van der Waals surface area contributed by atoms with Crippen molar-refractivity contribution >= 4 is 5.95 Å². The standard InChI is InChI=1S/C14H18N4O/c1-10-12(9-11-5-3-2-4-6-11)13(19)18-14(17-10)16-8-7-15/h2-6H,7-9,15H2,1H3,(H2,16,17,18,19). The Morgan fingerprint density at radius 1 is 1.32 bits per heavy atom. The number of nitrogens with two attached hydrogens (primary N) is 1. The summed E-state index contributed by atoms with van der Waals surface area (Å²) in [4.78, 5) is 19.1. The Morgan fingerprint density at radius 3 is 2.68 bits per heavy atom. The van der Waals surface area contributed by atoms with Gasteiger partial charge >= 0.3 is 0 Å². The Kier molecular flexibility index (Phi) is 4.30. The molecule has 0 saturated carbocycles. The van der Waals surface area contributed by atoms with Gasteiger partial charge in [0.25, 0.3) is 5.56 Å². The summed E-state index contributed by atoms with van der Waals surface area (Å²) in [5, 5.41) is 2.98. The number of nitrogens with zero attached hydrogens (tertiary/aromatic N) is 1. The highest BCUT2D eigenvalue weighted by atomic mass is 16.1. The molecule has 0 aliphatic carbocycles. The van der Waals surface area contributed by atoms with Crippen LogP contribution in [0.15, 0.2) is 35.1 Å². The van der Waals surface area contributed by atoms with E-state index in [0.717, 1.165) is 11.3 Å². The van der Waals surface area contributed by atoms with E-state index in [1.165, 1.54) is 0 Å². The van der Waals surface area contributed by atoms with Crippen molar-refractivity contribution in [3.8, 4) is 0 Å². The number of nitrogens with one attached hydrogen (secondary N) is 2. The maximum Gasteiger partial charge on any atom is 0.256 e. The molecule has 1 aromatic carbocycles. The fourth-order valence-electron chi connectivity index (χ4n) is 1.89. The van der Waals surface area contributed by atoms with Gasteiger partial charge in [0, 0.05) is 25.1 Å². The van der Waals surface area contributed by atoms with Crippen molar-refractivity contribution in [2.24, 2.45) is 5.73 Å². The van der Waals surface area contributed by atoms with Gasteiger partial charge in [-0.15, -0.1) is 0 Å². The molecule has 0 amide bonds. The van der Waals surface area contributed by atoms with E-state index in [1.54, 1.807) is 0 Å².